The number of carbonyl (C=O) groups excluding carboxylic acids is 2. The molecule has 1 saturated carbocycles. The van der Waals surface area contributed by atoms with Gasteiger partial charge in [0.1, 0.15) is 5.01 Å². The van der Waals surface area contributed by atoms with Crippen molar-refractivity contribution in [1.82, 2.24) is 9.88 Å². The van der Waals surface area contributed by atoms with Crippen LogP contribution < -0.4 is 0 Å². The summed E-state index contributed by atoms with van der Waals surface area (Å²) in [6.07, 6.45) is 6.63. The summed E-state index contributed by atoms with van der Waals surface area (Å²) in [6.45, 7) is 1.44. The van der Waals surface area contributed by atoms with E-state index in [1.807, 2.05) is 0 Å². The summed E-state index contributed by atoms with van der Waals surface area (Å²) in [4.78, 5) is 30.1. The van der Waals surface area contributed by atoms with E-state index in [1.165, 1.54) is 44.1 Å². The van der Waals surface area contributed by atoms with Gasteiger partial charge in [-0.05, 0) is 12.3 Å². The van der Waals surface area contributed by atoms with E-state index in [4.69, 9.17) is 4.74 Å². The molecule has 0 atom stereocenters. The molecule has 1 aromatic heterocycles. The van der Waals surface area contributed by atoms with Crippen LogP contribution in [0.4, 0.5) is 0 Å². The van der Waals surface area contributed by atoms with Gasteiger partial charge in [0.25, 0.3) is 0 Å². The van der Waals surface area contributed by atoms with Crippen molar-refractivity contribution in [2.45, 2.75) is 45.1 Å². The molecule has 1 heterocycles. The van der Waals surface area contributed by atoms with E-state index >= 15 is 0 Å². The first-order valence-corrected chi connectivity index (χ1v) is 9.31. The van der Waals surface area contributed by atoms with Gasteiger partial charge in [-0.2, -0.15) is 0 Å². The number of rotatable bonds is 9. The number of amides is 1. The summed E-state index contributed by atoms with van der Waals surface area (Å²) >= 11 is 1.37. The Kier molecular flexibility index (Phi) is 7.65. The standard InChI is InChI=1S/C17H26N2O4S/c1-22-10-9-19(16(20)8-7-13-5-3-4-6-13)11-15-18-14(12-24-15)17(21)23-2/h12-13H,3-11H2,1-2H3. The van der Waals surface area contributed by atoms with E-state index in [0.29, 0.717) is 37.7 Å². The molecule has 1 aliphatic carbocycles. The number of hydrogen-bond acceptors (Lipinski definition) is 6. The van der Waals surface area contributed by atoms with Crippen molar-refractivity contribution in [3.8, 4) is 0 Å². The van der Waals surface area contributed by atoms with Crippen LogP contribution >= 0.6 is 11.3 Å². The minimum atomic E-state index is -0.450. The lowest BCUT2D eigenvalue weighted by Gasteiger charge is -2.22. The van der Waals surface area contributed by atoms with Crippen molar-refractivity contribution in [2.75, 3.05) is 27.4 Å². The highest BCUT2D eigenvalue weighted by molar-refractivity contribution is 7.09. The molecule has 2 rings (SSSR count). The SMILES string of the molecule is COCCN(Cc1nc(C(=O)OC)cs1)C(=O)CCC1CCCC1. The quantitative estimate of drug-likeness (QED) is 0.638. The van der Waals surface area contributed by atoms with Gasteiger partial charge in [-0.3, -0.25) is 4.79 Å². The average molecular weight is 354 g/mol. The maximum atomic E-state index is 12.6. The van der Waals surface area contributed by atoms with Crippen molar-refractivity contribution in [3.05, 3.63) is 16.1 Å². The van der Waals surface area contributed by atoms with Gasteiger partial charge in [0.05, 0.1) is 20.3 Å². The van der Waals surface area contributed by atoms with E-state index in [2.05, 4.69) is 9.72 Å². The summed E-state index contributed by atoms with van der Waals surface area (Å²) in [6, 6.07) is 0. The predicted octanol–water partition coefficient (Wildman–Crippen LogP) is 2.88. The van der Waals surface area contributed by atoms with Crippen LogP contribution in [0, 0.1) is 5.92 Å². The number of nitrogens with zero attached hydrogens (tertiary/aromatic N) is 2. The molecule has 0 aliphatic heterocycles. The summed E-state index contributed by atoms with van der Waals surface area (Å²) in [5.41, 5.74) is 0.294. The number of ether oxygens (including phenoxy) is 2. The third-order valence-corrected chi connectivity index (χ3v) is 5.27. The second-order valence-corrected chi connectivity index (χ2v) is 7.06. The Balaban J connectivity index is 1.92. The summed E-state index contributed by atoms with van der Waals surface area (Å²) < 4.78 is 9.78. The highest BCUT2D eigenvalue weighted by Crippen LogP contribution is 2.28. The molecule has 0 radical (unpaired) electrons. The monoisotopic (exact) mass is 354 g/mol. The van der Waals surface area contributed by atoms with Crippen LogP contribution in [-0.2, 0) is 20.8 Å². The number of hydrogen-bond donors (Lipinski definition) is 0. The fourth-order valence-corrected chi connectivity index (χ4v) is 3.80. The maximum Gasteiger partial charge on any atom is 0.357 e. The number of thiazole rings is 1. The molecular formula is C17H26N2O4S. The second-order valence-electron chi connectivity index (χ2n) is 6.12. The molecular weight excluding hydrogens is 328 g/mol. The van der Waals surface area contributed by atoms with Crippen LogP contribution in [0.15, 0.2) is 5.38 Å². The molecule has 6 nitrogen and oxygen atoms in total. The molecule has 0 unspecified atom stereocenters. The Morgan fingerprint density at radius 3 is 2.75 bits per heavy atom. The lowest BCUT2D eigenvalue weighted by molar-refractivity contribution is -0.132. The minimum Gasteiger partial charge on any atom is -0.464 e. The molecule has 1 aromatic rings. The first-order valence-electron chi connectivity index (χ1n) is 8.43. The van der Waals surface area contributed by atoms with Crippen LogP contribution in [0.1, 0.15) is 54.0 Å². The first kappa shape index (κ1) is 18.9. The van der Waals surface area contributed by atoms with Gasteiger partial charge in [0, 0.05) is 25.5 Å². The molecule has 1 amide bonds. The fourth-order valence-electron chi connectivity index (χ4n) is 3.02. The highest BCUT2D eigenvalue weighted by atomic mass is 32.1. The summed E-state index contributed by atoms with van der Waals surface area (Å²) in [5.74, 6) is 0.381. The van der Waals surface area contributed by atoms with Gasteiger partial charge in [-0.15, -0.1) is 11.3 Å². The Labute approximate surface area is 147 Å². The number of methoxy groups -OCH3 is 2. The van der Waals surface area contributed by atoms with Crippen molar-refractivity contribution < 1.29 is 19.1 Å². The Bertz CT molecular complexity index is 540. The van der Waals surface area contributed by atoms with Gasteiger partial charge >= 0.3 is 5.97 Å². The zero-order valence-electron chi connectivity index (χ0n) is 14.5. The average Bonchev–Trinajstić information content (AvgIpc) is 3.27. The molecule has 0 saturated heterocycles. The molecule has 0 N–H and O–H groups in total. The number of aromatic nitrogens is 1. The molecule has 0 bridgehead atoms. The molecule has 7 heteroatoms. The Hall–Kier alpha value is -1.47. The lowest BCUT2D eigenvalue weighted by atomic mass is 10.0. The highest BCUT2D eigenvalue weighted by Gasteiger charge is 2.20. The third-order valence-electron chi connectivity index (χ3n) is 4.43. The van der Waals surface area contributed by atoms with Crippen LogP contribution in [0.5, 0.6) is 0 Å². The van der Waals surface area contributed by atoms with E-state index in [1.54, 1.807) is 17.4 Å². The van der Waals surface area contributed by atoms with E-state index < -0.39 is 5.97 Å². The zero-order chi connectivity index (χ0) is 17.4. The van der Waals surface area contributed by atoms with Crippen LogP contribution in [0.2, 0.25) is 0 Å². The first-order chi connectivity index (χ1) is 11.6. The van der Waals surface area contributed by atoms with Gasteiger partial charge in [0.15, 0.2) is 5.69 Å². The lowest BCUT2D eigenvalue weighted by Crippen LogP contribution is -2.33. The smallest absolute Gasteiger partial charge is 0.357 e. The van der Waals surface area contributed by atoms with Crippen LogP contribution in [-0.4, -0.2) is 49.1 Å². The van der Waals surface area contributed by atoms with Gasteiger partial charge in [-0.1, -0.05) is 25.7 Å². The number of esters is 1. The van der Waals surface area contributed by atoms with Gasteiger partial charge < -0.3 is 14.4 Å². The normalized spacial score (nSPS) is 14.8. The Morgan fingerprint density at radius 1 is 1.33 bits per heavy atom. The topological polar surface area (TPSA) is 68.7 Å². The summed E-state index contributed by atoms with van der Waals surface area (Å²) in [7, 11) is 2.96. The van der Waals surface area contributed by atoms with Crippen LogP contribution in [0.25, 0.3) is 0 Å². The maximum absolute atomic E-state index is 12.6. The van der Waals surface area contributed by atoms with Gasteiger partial charge in [0.2, 0.25) is 5.91 Å². The van der Waals surface area contributed by atoms with Crippen molar-refractivity contribution in [1.29, 1.82) is 0 Å². The zero-order valence-corrected chi connectivity index (χ0v) is 15.3. The minimum absolute atomic E-state index is 0.133. The second kappa shape index (κ2) is 9.74. The summed E-state index contributed by atoms with van der Waals surface area (Å²) in [5, 5.41) is 2.40. The fraction of sp³-hybridized carbons (Fsp3) is 0.706. The molecule has 0 aromatic carbocycles. The van der Waals surface area contributed by atoms with E-state index in [0.717, 1.165) is 11.4 Å². The molecule has 134 valence electrons. The molecule has 0 spiro atoms. The third kappa shape index (κ3) is 5.56. The van der Waals surface area contributed by atoms with E-state index in [-0.39, 0.29) is 5.91 Å². The predicted molar refractivity (Wildman–Crippen MR) is 91.9 cm³/mol. The molecule has 24 heavy (non-hydrogen) atoms. The Morgan fingerprint density at radius 2 is 2.08 bits per heavy atom. The van der Waals surface area contributed by atoms with Crippen molar-refractivity contribution in [3.63, 3.8) is 0 Å². The molecule has 1 fully saturated rings. The van der Waals surface area contributed by atoms with E-state index in [9.17, 15) is 9.59 Å². The van der Waals surface area contributed by atoms with Crippen LogP contribution in [0.3, 0.4) is 0 Å². The number of carbonyl (C=O) groups is 2. The molecule has 1 aliphatic rings. The van der Waals surface area contributed by atoms with Crippen molar-refractivity contribution in [2.24, 2.45) is 5.92 Å². The van der Waals surface area contributed by atoms with Gasteiger partial charge in [-0.25, -0.2) is 9.78 Å². The largest absolute Gasteiger partial charge is 0.464 e. The van der Waals surface area contributed by atoms with Crippen molar-refractivity contribution >= 4 is 23.2 Å².